The Bertz CT molecular complexity index is 3230. The second kappa shape index (κ2) is 31.8. The Labute approximate surface area is 522 Å². The number of nitrogens with zero attached hydrogens (tertiary/aromatic N) is 1. The molecule has 15 N–H and O–H groups in total. The number of carbonyl (C=O) groups is 14. The lowest BCUT2D eigenvalue weighted by molar-refractivity contribution is -0.154. The fourth-order valence-corrected chi connectivity index (χ4v) is 10.9. The maximum atomic E-state index is 15.1. The normalized spacial score (nSPS) is 27.7. The minimum Gasteiger partial charge on any atom is -0.480 e. The van der Waals surface area contributed by atoms with Gasteiger partial charge in [-0.05, 0) is 75.5 Å². The number of aliphatic carboxylic acids is 1. The molecule has 7 rings (SSSR count). The molecule has 3 aromatic rings. The van der Waals surface area contributed by atoms with E-state index in [1.807, 2.05) is 0 Å². The summed E-state index contributed by atoms with van der Waals surface area (Å²) >= 11 is 0. The van der Waals surface area contributed by atoms with Crippen LogP contribution in [0.2, 0.25) is 0 Å². The first-order valence-electron chi connectivity index (χ1n) is 30.2. The molecule has 0 spiro atoms. The maximum Gasteiger partial charge on any atom is 0.326 e. The summed E-state index contributed by atoms with van der Waals surface area (Å²) in [5, 5.41) is 46.0. The molecule has 4 bridgehead atoms. The Morgan fingerprint density at radius 1 is 0.648 bits per heavy atom. The number of aliphatic hydroxyl groups is 1. The number of aromatic amines is 1. The third kappa shape index (κ3) is 19.0. The number of hydrogen-bond donors (Lipinski definition) is 14. The molecule has 4 aliphatic heterocycles. The van der Waals surface area contributed by atoms with E-state index >= 15 is 4.79 Å². The summed E-state index contributed by atoms with van der Waals surface area (Å²) < 4.78 is 11.2. The molecule has 492 valence electrons. The van der Waals surface area contributed by atoms with Crippen molar-refractivity contribution in [3.8, 4) is 0 Å². The van der Waals surface area contributed by atoms with Gasteiger partial charge in [0.15, 0.2) is 0 Å². The molecule has 31 nitrogen and oxygen atoms in total. The summed E-state index contributed by atoms with van der Waals surface area (Å²) in [7, 11) is 0. The van der Waals surface area contributed by atoms with Gasteiger partial charge in [0.05, 0.1) is 25.4 Å². The topological polar surface area (TPSA) is 463 Å². The first-order valence-corrected chi connectivity index (χ1v) is 30.2. The number of H-pyrrole nitrogens is 1. The van der Waals surface area contributed by atoms with E-state index in [2.05, 4.69) is 58.2 Å². The van der Waals surface area contributed by atoms with Crippen LogP contribution in [0, 0.1) is 5.92 Å². The summed E-state index contributed by atoms with van der Waals surface area (Å²) in [5.74, 6) is -16.7. The van der Waals surface area contributed by atoms with E-state index in [1.165, 1.54) is 18.0 Å². The molecule has 0 saturated carbocycles. The van der Waals surface area contributed by atoms with Crippen LogP contribution in [0.25, 0.3) is 10.9 Å². The van der Waals surface area contributed by atoms with Crippen LogP contribution >= 0.6 is 0 Å². The number of esters is 2. The van der Waals surface area contributed by atoms with Crippen LogP contribution < -0.4 is 58.9 Å². The Morgan fingerprint density at radius 3 is 1.96 bits per heavy atom. The van der Waals surface area contributed by atoms with Gasteiger partial charge in [-0.2, -0.15) is 0 Å². The minimum absolute atomic E-state index is 0.0109. The molecule has 13 unspecified atom stereocenters. The lowest BCUT2D eigenvalue weighted by Crippen LogP contribution is -2.62. The molecule has 11 amide bonds. The largest absolute Gasteiger partial charge is 0.480 e. The summed E-state index contributed by atoms with van der Waals surface area (Å²) in [6.45, 7) is 4.43. The summed E-state index contributed by atoms with van der Waals surface area (Å²) in [5.41, 5.74) is 7.51. The number of nitrogens with two attached hydrogens (primary N) is 1. The zero-order valence-electron chi connectivity index (χ0n) is 50.7. The maximum absolute atomic E-state index is 15.1. The van der Waals surface area contributed by atoms with E-state index in [1.54, 1.807) is 68.4 Å². The van der Waals surface area contributed by atoms with Crippen molar-refractivity contribution < 1.29 is 86.8 Å². The Kier molecular flexibility index (Phi) is 24.1. The number of para-hydroxylation sites is 1. The van der Waals surface area contributed by atoms with Crippen molar-refractivity contribution in [2.45, 2.75) is 177 Å². The van der Waals surface area contributed by atoms with Gasteiger partial charge in [-0.25, -0.2) is 4.79 Å². The van der Waals surface area contributed by atoms with Crippen molar-refractivity contribution in [3.05, 3.63) is 71.9 Å². The number of aliphatic hydroxyl groups excluding tert-OH is 1. The molecule has 4 fully saturated rings. The highest BCUT2D eigenvalue weighted by Gasteiger charge is 2.43. The fourth-order valence-electron chi connectivity index (χ4n) is 10.9. The average molecular weight is 1270 g/mol. The van der Waals surface area contributed by atoms with Crippen molar-refractivity contribution in [2.24, 2.45) is 11.7 Å². The first-order chi connectivity index (χ1) is 43.3. The van der Waals surface area contributed by atoms with Crippen molar-refractivity contribution in [1.29, 1.82) is 0 Å². The first kappa shape index (κ1) is 69.0. The third-order valence-corrected chi connectivity index (χ3v) is 15.9. The van der Waals surface area contributed by atoms with Crippen LogP contribution in [-0.4, -0.2) is 201 Å². The average Bonchev–Trinajstić information content (AvgIpc) is 2.15. The number of carboxylic acids is 1. The second-order valence-corrected chi connectivity index (χ2v) is 23.5. The number of nitrogens with one attached hydrogen (secondary N) is 11. The number of fused-ring (bicyclic) bond motifs is 12. The molecule has 91 heavy (non-hydrogen) atoms. The fraction of sp³-hybridized carbons (Fsp3) is 0.533. The molecule has 2 aromatic carbocycles. The number of cyclic esters (lactones) is 1. The number of benzene rings is 2. The number of rotatable bonds is 10. The number of carboxylic acid groups (broad SMARTS) is 1. The standard InChI is InChI=1S/C60H79N13O18/c1-29(2)21-37-51(79)64-36-17-10-11-19-62-45(75)24-42(60(88)89)70-54(82)39-25-46(76)90-28-43(71-56(84)44-18-12-20-73(44)59(87)41(69-50(36)78)22-32-13-6-5-7-14-32)55(83)67-40(26-47(77)91-31(4)49(58(86)68-37)72-57(85)48(61)30(3)74)53(81)65-38(52(80)66-39)23-33-27-63-35-16-9-8-15-34(33)35/h5-9,13-16,27,29-31,36-44,48-49,63,74H,10-12,17-26,28,61H2,1-4H3,(H,62,75)(H,64,79)(H,65,81)(H,66,80)(H,67,83)(H,68,86)(H,69,78)(H,70,82)(H,71,84)(H,72,85)(H,88,89). The van der Waals surface area contributed by atoms with Gasteiger partial charge in [0.25, 0.3) is 0 Å². The van der Waals surface area contributed by atoms with E-state index in [0.29, 0.717) is 22.0 Å². The van der Waals surface area contributed by atoms with Crippen molar-refractivity contribution in [2.75, 3.05) is 19.7 Å². The molecular formula is C60H79N13O18. The molecule has 4 saturated heterocycles. The van der Waals surface area contributed by atoms with Crippen LogP contribution in [0.1, 0.15) is 96.6 Å². The number of ether oxygens (including phenoxy) is 2. The van der Waals surface area contributed by atoms with Crippen LogP contribution in [0.5, 0.6) is 0 Å². The molecule has 5 heterocycles. The highest BCUT2D eigenvalue weighted by atomic mass is 16.5. The van der Waals surface area contributed by atoms with Crippen molar-refractivity contribution in [1.82, 2.24) is 63.1 Å². The van der Waals surface area contributed by atoms with Crippen LogP contribution in [0.15, 0.2) is 60.8 Å². The van der Waals surface area contributed by atoms with Crippen LogP contribution in [-0.2, 0) is 89.4 Å². The van der Waals surface area contributed by atoms with Crippen LogP contribution in [0.4, 0.5) is 0 Å². The minimum atomic E-state index is -2.12. The van der Waals surface area contributed by atoms with Gasteiger partial charge in [-0.3, -0.25) is 62.3 Å². The van der Waals surface area contributed by atoms with E-state index in [-0.39, 0.29) is 64.0 Å². The van der Waals surface area contributed by atoms with E-state index in [9.17, 15) is 72.5 Å². The second-order valence-electron chi connectivity index (χ2n) is 23.5. The van der Waals surface area contributed by atoms with E-state index in [0.717, 1.165) is 6.92 Å². The zero-order chi connectivity index (χ0) is 66.2. The summed E-state index contributed by atoms with van der Waals surface area (Å²) in [6, 6.07) is -4.21. The molecule has 13 atom stereocenters. The van der Waals surface area contributed by atoms with Crippen LogP contribution in [0.3, 0.4) is 0 Å². The SMILES string of the molecule is CC(C)CC1NC(=O)C(NC(=O)C(N)C(C)O)C(C)OC(=O)CC2NC(=O)C3COC(=O)CC(NC(=O)C(Cc4c[nH]c5ccccc45)NC2=O)C(=O)NC(C(=O)O)CC(=O)NCCCCC(NC1=O)C(=O)NC(Cc1ccccc1)C(=O)N1CCCC1C(=O)N3. The molecular weight excluding hydrogens is 1190 g/mol. The lowest BCUT2D eigenvalue weighted by Gasteiger charge is -2.31. The van der Waals surface area contributed by atoms with Crippen molar-refractivity contribution >= 4 is 93.8 Å². The predicted molar refractivity (Wildman–Crippen MR) is 318 cm³/mol. The lowest BCUT2D eigenvalue weighted by atomic mass is 10.00. The Hall–Kier alpha value is -9.52. The number of hydrogen-bond acceptors (Lipinski definition) is 18. The predicted octanol–water partition coefficient (Wildman–Crippen LogP) is -3.88. The highest BCUT2D eigenvalue weighted by Crippen LogP contribution is 2.23. The Morgan fingerprint density at radius 2 is 1.25 bits per heavy atom. The number of amides is 11. The summed E-state index contributed by atoms with van der Waals surface area (Å²) in [4.78, 5) is 205. The van der Waals surface area contributed by atoms with Gasteiger partial charge in [0, 0.05) is 43.0 Å². The summed E-state index contributed by atoms with van der Waals surface area (Å²) in [6.07, 6.45) is -5.47. The molecule has 0 radical (unpaired) electrons. The molecule has 0 aliphatic carbocycles. The smallest absolute Gasteiger partial charge is 0.326 e. The molecule has 1 aromatic heterocycles. The third-order valence-electron chi connectivity index (χ3n) is 15.9. The van der Waals surface area contributed by atoms with E-state index < -0.39 is 194 Å². The van der Waals surface area contributed by atoms with Gasteiger partial charge in [0.1, 0.15) is 79.2 Å². The highest BCUT2D eigenvalue weighted by molar-refractivity contribution is 6.01. The molecule has 31 heteroatoms. The van der Waals surface area contributed by atoms with Crippen molar-refractivity contribution in [3.63, 3.8) is 0 Å². The van der Waals surface area contributed by atoms with Gasteiger partial charge in [0.2, 0.25) is 65.0 Å². The van der Waals surface area contributed by atoms with Gasteiger partial charge < -0.3 is 88.5 Å². The number of carbonyl (C=O) groups excluding carboxylic acids is 13. The quantitative estimate of drug-likeness (QED) is 0.0864. The van der Waals surface area contributed by atoms with E-state index in [4.69, 9.17) is 15.2 Å². The number of aromatic nitrogens is 1. The van der Waals surface area contributed by atoms with Gasteiger partial charge in [-0.1, -0.05) is 62.4 Å². The van der Waals surface area contributed by atoms with Gasteiger partial charge >= 0.3 is 17.9 Å². The molecule has 4 aliphatic rings. The Balaban J connectivity index is 1.41. The zero-order valence-corrected chi connectivity index (χ0v) is 50.7. The van der Waals surface area contributed by atoms with Gasteiger partial charge in [-0.15, -0.1) is 0 Å². The monoisotopic (exact) mass is 1270 g/mol.